The SMILES string of the molecule is CCCCCCCCCCCCc1cccc(P([O-])[O-])c1CCCCCCCCCCCC. The Labute approximate surface area is 207 Å². The normalized spacial score (nSPS) is 11.5. The summed E-state index contributed by atoms with van der Waals surface area (Å²) in [5, 5.41) is 0.575. The van der Waals surface area contributed by atoms with Gasteiger partial charge in [0, 0.05) is 0 Å². The van der Waals surface area contributed by atoms with Crippen molar-refractivity contribution in [3.05, 3.63) is 29.3 Å². The molecule has 0 saturated heterocycles. The highest BCUT2D eigenvalue weighted by atomic mass is 31.2. The summed E-state index contributed by atoms with van der Waals surface area (Å²) in [7, 11) is -2.50. The molecule has 2 nitrogen and oxygen atoms in total. The standard InChI is InChI=1S/C30H53O2P/c1-3-5-7-9-11-13-15-17-19-21-24-28-25-23-27-30(33(31)32)29(28)26-22-20-18-16-14-12-10-8-6-4-2/h23,25,27H,3-22,24,26H2,1-2H3/q-2. The minimum atomic E-state index is -2.50. The molecule has 0 unspecified atom stereocenters. The van der Waals surface area contributed by atoms with Gasteiger partial charge in [-0.05, 0) is 36.8 Å². The fourth-order valence-corrected chi connectivity index (χ4v) is 5.59. The molecule has 3 heteroatoms. The van der Waals surface area contributed by atoms with E-state index in [9.17, 15) is 9.79 Å². The van der Waals surface area contributed by atoms with Crippen LogP contribution in [-0.4, -0.2) is 0 Å². The van der Waals surface area contributed by atoms with Gasteiger partial charge in [0.2, 0.25) is 0 Å². The summed E-state index contributed by atoms with van der Waals surface area (Å²) in [6.07, 6.45) is 28.5. The lowest BCUT2D eigenvalue weighted by molar-refractivity contribution is -0.287. The first-order chi connectivity index (χ1) is 16.2. The smallest absolute Gasteiger partial charge is 0.0271 e. The number of rotatable bonds is 23. The number of hydrogen-bond donors (Lipinski definition) is 0. The Morgan fingerprint density at radius 3 is 1.33 bits per heavy atom. The average Bonchev–Trinajstić information content (AvgIpc) is 2.81. The third-order valence-corrected chi connectivity index (χ3v) is 7.84. The van der Waals surface area contributed by atoms with E-state index in [2.05, 4.69) is 19.9 Å². The maximum Gasteiger partial charge on any atom is -0.0271 e. The lowest BCUT2D eigenvalue weighted by Crippen LogP contribution is -2.24. The van der Waals surface area contributed by atoms with Gasteiger partial charge in [-0.25, -0.2) is 0 Å². The second-order valence-corrected chi connectivity index (χ2v) is 11.0. The zero-order valence-corrected chi connectivity index (χ0v) is 22.9. The van der Waals surface area contributed by atoms with E-state index in [4.69, 9.17) is 0 Å². The second kappa shape index (κ2) is 22.1. The molecule has 0 amide bonds. The molecule has 1 aromatic rings. The molecule has 0 radical (unpaired) electrons. The summed E-state index contributed by atoms with van der Waals surface area (Å²) < 4.78 is 0. The van der Waals surface area contributed by atoms with Crippen molar-refractivity contribution in [3.63, 3.8) is 0 Å². The lowest BCUT2D eigenvalue weighted by atomic mass is 9.96. The predicted octanol–water partition coefficient (Wildman–Crippen LogP) is 8.27. The summed E-state index contributed by atoms with van der Waals surface area (Å²) in [5.41, 5.74) is 2.39. The Hall–Kier alpha value is -0.430. The fraction of sp³-hybridized carbons (Fsp3) is 0.800. The molecule has 0 aromatic heterocycles. The molecular formula is C30H53O2P-2. The van der Waals surface area contributed by atoms with Crippen LogP contribution in [0, 0.1) is 0 Å². The van der Waals surface area contributed by atoms with E-state index in [-0.39, 0.29) is 0 Å². The van der Waals surface area contributed by atoms with Gasteiger partial charge in [-0.3, -0.25) is 8.38 Å². The van der Waals surface area contributed by atoms with Crippen LogP contribution in [0.4, 0.5) is 0 Å². The quantitative estimate of drug-likeness (QED) is 0.118. The Morgan fingerprint density at radius 2 is 0.909 bits per heavy atom. The molecule has 192 valence electrons. The molecule has 0 saturated carbocycles. The molecule has 0 N–H and O–H groups in total. The van der Waals surface area contributed by atoms with Crippen LogP contribution in [0.25, 0.3) is 0 Å². The van der Waals surface area contributed by atoms with E-state index in [0.717, 1.165) is 24.8 Å². The van der Waals surface area contributed by atoms with Gasteiger partial charge in [-0.15, -0.1) is 0 Å². The van der Waals surface area contributed by atoms with E-state index >= 15 is 0 Å². The minimum absolute atomic E-state index is 0.575. The van der Waals surface area contributed by atoms with E-state index in [0.29, 0.717) is 5.30 Å². The zero-order chi connectivity index (χ0) is 24.0. The number of benzene rings is 1. The third kappa shape index (κ3) is 16.0. The molecule has 0 bridgehead atoms. The van der Waals surface area contributed by atoms with Crippen LogP contribution in [0.3, 0.4) is 0 Å². The fourth-order valence-electron chi connectivity index (χ4n) is 4.91. The molecule has 0 heterocycles. The monoisotopic (exact) mass is 476 g/mol. The highest BCUT2D eigenvalue weighted by Crippen LogP contribution is 2.23. The van der Waals surface area contributed by atoms with Crippen molar-refractivity contribution < 1.29 is 9.79 Å². The Bertz CT molecular complexity index is 558. The second-order valence-electron chi connectivity index (χ2n) is 10.0. The van der Waals surface area contributed by atoms with Crippen LogP contribution in [0.15, 0.2) is 18.2 Å². The van der Waals surface area contributed by atoms with Crippen molar-refractivity contribution in [2.45, 2.75) is 155 Å². The lowest BCUT2D eigenvalue weighted by Gasteiger charge is -2.34. The summed E-state index contributed by atoms with van der Waals surface area (Å²) >= 11 is 0. The molecule has 0 aliphatic rings. The Morgan fingerprint density at radius 1 is 0.515 bits per heavy atom. The first-order valence-electron chi connectivity index (χ1n) is 14.5. The summed E-state index contributed by atoms with van der Waals surface area (Å²) in [6, 6.07) is 5.91. The van der Waals surface area contributed by atoms with Crippen LogP contribution in [0.2, 0.25) is 0 Å². The molecule has 0 aliphatic heterocycles. The van der Waals surface area contributed by atoms with Gasteiger partial charge in [0.1, 0.15) is 0 Å². The molecule has 1 aromatic carbocycles. The molecule has 1 rings (SSSR count). The molecule has 0 fully saturated rings. The maximum absolute atomic E-state index is 11.8. The van der Waals surface area contributed by atoms with Gasteiger partial charge in [-0.1, -0.05) is 153 Å². The molecular weight excluding hydrogens is 423 g/mol. The summed E-state index contributed by atoms with van der Waals surface area (Å²) in [6.45, 7) is 4.54. The van der Waals surface area contributed by atoms with Gasteiger partial charge in [0.05, 0.1) is 0 Å². The van der Waals surface area contributed by atoms with Crippen LogP contribution in [0.5, 0.6) is 0 Å². The number of unbranched alkanes of at least 4 members (excludes halogenated alkanes) is 18. The maximum atomic E-state index is 11.8. The molecule has 0 aliphatic carbocycles. The largest absolute Gasteiger partial charge is 0.838 e. The van der Waals surface area contributed by atoms with Gasteiger partial charge >= 0.3 is 0 Å². The van der Waals surface area contributed by atoms with Crippen LogP contribution >= 0.6 is 8.38 Å². The van der Waals surface area contributed by atoms with E-state index in [1.165, 1.54) is 128 Å². The van der Waals surface area contributed by atoms with Crippen molar-refractivity contribution >= 4 is 13.7 Å². The van der Waals surface area contributed by atoms with E-state index < -0.39 is 8.38 Å². The highest BCUT2D eigenvalue weighted by Gasteiger charge is 2.07. The first kappa shape index (κ1) is 30.6. The van der Waals surface area contributed by atoms with Crippen molar-refractivity contribution in [2.24, 2.45) is 0 Å². The van der Waals surface area contributed by atoms with Crippen LogP contribution < -0.4 is 15.1 Å². The zero-order valence-electron chi connectivity index (χ0n) is 22.1. The van der Waals surface area contributed by atoms with Gasteiger partial charge < -0.3 is 9.79 Å². The van der Waals surface area contributed by atoms with Crippen molar-refractivity contribution in [1.82, 2.24) is 0 Å². The minimum Gasteiger partial charge on any atom is -0.838 e. The summed E-state index contributed by atoms with van der Waals surface area (Å²) in [5.74, 6) is 0. The topological polar surface area (TPSA) is 46.1 Å². The average molecular weight is 477 g/mol. The van der Waals surface area contributed by atoms with Crippen molar-refractivity contribution in [1.29, 1.82) is 0 Å². The molecule has 33 heavy (non-hydrogen) atoms. The predicted molar refractivity (Wildman–Crippen MR) is 144 cm³/mol. The van der Waals surface area contributed by atoms with Gasteiger partial charge in [-0.2, -0.15) is 0 Å². The highest BCUT2D eigenvalue weighted by molar-refractivity contribution is 7.51. The van der Waals surface area contributed by atoms with Crippen molar-refractivity contribution in [2.75, 3.05) is 0 Å². The molecule has 0 atom stereocenters. The number of aryl methyl sites for hydroxylation is 1. The van der Waals surface area contributed by atoms with E-state index in [1.807, 2.05) is 6.07 Å². The third-order valence-electron chi connectivity index (χ3n) is 7.03. The summed E-state index contributed by atoms with van der Waals surface area (Å²) in [4.78, 5) is 23.7. The van der Waals surface area contributed by atoms with Gasteiger partial charge in [0.25, 0.3) is 0 Å². The Balaban J connectivity index is 2.28. The van der Waals surface area contributed by atoms with E-state index in [1.54, 1.807) is 6.07 Å². The number of hydrogen-bond acceptors (Lipinski definition) is 2. The van der Waals surface area contributed by atoms with Crippen LogP contribution in [-0.2, 0) is 12.8 Å². The van der Waals surface area contributed by atoms with Crippen LogP contribution in [0.1, 0.15) is 153 Å². The first-order valence-corrected chi connectivity index (χ1v) is 15.6. The van der Waals surface area contributed by atoms with Crippen molar-refractivity contribution in [3.8, 4) is 0 Å². The Kier molecular flexibility index (Phi) is 20.5. The van der Waals surface area contributed by atoms with Gasteiger partial charge in [0.15, 0.2) is 0 Å². The molecule has 0 spiro atoms.